The first-order chi connectivity index (χ1) is 13.6. The van der Waals surface area contributed by atoms with E-state index in [2.05, 4.69) is 40.7 Å². The van der Waals surface area contributed by atoms with Crippen molar-refractivity contribution in [3.05, 3.63) is 29.3 Å². The van der Waals surface area contributed by atoms with E-state index >= 15 is 0 Å². The van der Waals surface area contributed by atoms with E-state index in [1.165, 1.54) is 18.4 Å². The van der Waals surface area contributed by atoms with Crippen molar-refractivity contribution < 1.29 is 14.2 Å². The van der Waals surface area contributed by atoms with Crippen LogP contribution in [0, 0.1) is 12.3 Å². The predicted molar refractivity (Wildman–Crippen MR) is 127 cm³/mol. The second kappa shape index (κ2) is 12.0. The lowest BCUT2D eigenvalue weighted by Crippen LogP contribution is -2.40. The number of hydrogen-bond donors (Lipinski definition) is 2. The number of benzene rings is 1. The Labute approximate surface area is 192 Å². The molecule has 6 nitrogen and oxygen atoms in total. The van der Waals surface area contributed by atoms with Crippen LogP contribution in [0.5, 0.6) is 5.75 Å². The molecule has 1 saturated carbocycles. The molecule has 3 rings (SSSR count). The van der Waals surface area contributed by atoms with Crippen molar-refractivity contribution in [1.29, 1.82) is 0 Å². The minimum absolute atomic E-state index is 0. The third-order valence-electron chi connectivity index (χ3n) is 5.77. The van der Waals surface area contributed by atoms with Crippen LogP contribution in [0.15, 0.2) is 23.2 Å². The number of rotatable bonds is 10. The van der Waals surface area contributed by atoms with Crippen LogP contribution in [0.4, 0.5) is 0 Å². The first kappa shape index (κ1) is 24.2. The van der Waals surface area contributed by atoms with Gasteiger partial charge >= 0.3 is 0 Å². The standard InChI is InChI=1S/C22H35N3O3.HI/c1-17-6-7-18(20(13-17)28-15-19-5-4-11-27-19)14-24-21(23-2)25-16-22(8-9-22)10-12-26-3;/h6-7,13,19H,4-5,8-12,14-16H2,1-3H3,(H2,23,24,25);1H. The minimum atomic E-state index is 0. The Morgan fingerprint density at radius 2 is 2.14 bits per heavy atom. The van der Waals surface area contributed by atoms with Gasteiger partial charge in [-0.2, -0.15) is 0 Å². The normalized spacial score (nSPS) is 20.1. The molecule has 164 valence electrons. The van der Waals surface area contributed by atoms with Crippen molar-refractivity contribution in [2.75, 3.05) is 40.5 Å². The third kappa shape index (κ3) is 7.61. The molecule has 0 radical (unpaired) electrons. The van der Waals surface area contributed by atoms with Gasteiger partial charge in [-0.05, 0) is 56.1 Å². The third-order valence-corrected chi connectivity index (χ3v) is 5.77. The van der Waals surface area contributed by atoms with Gasteiger partial charge in [0.25, 0.3) is 0 Å². The number of guanidine groups is 1. The largest absolute Gasteiger partial charge is 0.491 e. The highest BCUT2D eigenvalue weighted by Gasteiger charge is 2.41. The van der Waals surface area contributed by atoms with Crippen LogP contribution >= 0.6 is 24.0 Å². The second-order valence-electron chi connectivity index (χ2n) is 8.08. The summed E-state index contributed by atoms with van der Waals surface area (Å²) in [6, 6.07) is 6.35. The molecule has 0 amide bonds. The molecule has 7 heteroatoms. The summed E-state index contributed by atoms with van der Waals surface area (Å²) in [5.41, 5.74) is 2.71. The number of methoxy groups -OCH3 is 1. The van der Waals surface area contributed by atoms with Crippen LogP contribution in [-0.2, 0) is 16.0 Å². The first-order valence-corrected chi connectivity index (χ1v) is 10.4. The molecular weight excluding hydrogens is 481 g/mol. The maximum atomic E-state index is 6.10. The van der Waals surface area contributed by atoms with Gasteiger partial charge in [-0.3, -0.25) is 4.99 Å². The lowest BCUT2D eigenvalue weighted by Gasteiger charge is -2.19. The SMILES string of the molecule is CN=C(NCc1ccc(C)cc1OCC1CCCO1)NCC1(CCOC)CC1.I. The molecule has 1 saturated heterocycles. The highest BCUT2D eigenvalue weighted by Crippen LogP contribution is 2.48. The van der Waals surface area contributed by atoms with Crippen LogP contribution in [0.1, 0.15) is 43.2 Å². The van der Waals surface area contributed by atoms with Crippen molar-refractivity contribution in [2.45, 2.75) is 51.7 Å². The fourth-order valence-corrected chi connectivity index (χ4v) is 3.58. The number of halogens is 1. The van der Waals surface area contributed by atoms with Crippen molar-refractivity contribution in [3.63, 3.8) is 0 Å². The van der Waals surface area contributed by atoms with Gasteiger partial charge in [0.05, 0.1) is 6.10 Å². The summed E-state index contributed by atoms with van der Waals surface area (Å²) < 4.78 is 17.0. The molecule has 1 atom stereocenters. The summed E-state index contributed by atoms with van der Waals surface area (Å²) in [5, 5.41) is 6.91. The van der Waals surface area contributed by atoms with Crippen LogP contribution < -0.4 is 15.4 Å². The summed E-state index contributed by atoms with van der Waals surface area (Å²) >= 11 is 0. The maximum Gasteiger partial charge on any atom is 0.191 e. The van der Waals surface area contributed by atoms with Crippen LogP contribution in [0.2, 0.25) is 0 Å². The van der Waals surface area contributed by atoms with Gasteiger partial charge in [-0.25, -0.2) is 0 Å². The molecule has 2 N–H and O–H groups in total. The lowest BCUT2D eigenvalue weighted by atomic mass is 10.0. The number of aliphatic imine (C=N–C) groups is 1. The number of ether oxygens (including phenoxy) is 3. The highest BCUT2D eigenvalue weighted by molar-refractivity contribution is 14.0. The monoisotopic (exact) mass is 517 g/mol. The predicted octanol–water partition coefficient (Wildman–Crippen LogP) is 3.65. The Kier molecular flexibility index (Phi) is 9.98. The number of nitrogens with zero attached hydrogens (tertiary/aromatic N) is 1. The minimum Gasteiger partial charge on any atom is -0.491 e. The van der Waals surface area contributed by atoms with Crippen LogP contribution in [0.3, 0.4) is 0 Å². The number of nitrogens with one attached hydrogen (secondary N) is 2. The summed E-state index contributed by atoms with van der Waals surface area (Å²) in [6.45, 7) is 5.99. The van der Waals surface area contributed by atoms with Gasteiger partial charge in [-0.15, -0.1) is 24.0 Å². The van der Waals surface area contributed by atoms with E-state index in [1.54, 1.807) is 7.11 Å². The molecule has 0 aromatic heterocycles. The zero-order valence-corrected chi connectivity index (χ0v) is 20.3. The van der Waals surface area contributed by atoms with Crippen LogP contribution in [0.25, 0.3) is 0 Å². The van der Waals surface area contributed by atoms with Crippen molar-refractivity contribution >= 4 is 29.9 Å². The fraction of sp³-hybridized carbons (Fsp3) is 0.682. The Morgan fingerprint density at radius 3 is 2.79 bits per heavy atom. The van der Waals surface area contributed by atoms with Gasteiger partial charge in [0.1, 0.15) is 12.4 Å². The second-order valence-corrected chi connectivity index (χ2v) is 8.08. The molecule has 2 aliphatic rings. The van der Waals surface area contributed by atoms with E-state index in [0.29, 0.717) is 18.6 Å². The van der Waals surface area contributed by atoms with E-state index in [0.717, 1.165) is 56.3 Å². The smallest absolute Gasteiger partial charge is 0.191 e. The van der Waals surface area contributed by atoms with Gasteiger partial charge in [-0.1, -0.05) is 12.1 Å². The quantitative estimate of drug-likeness (QED) is 0.282. The molecule has 29 heavy (non-hydrogen) atoms. The average molecular weight is 517 g/mol. The van der Waals surface area contributed by atoms with Crippen molar-refractivity contribution in [2.24, 2.45) is 10.4 Å². The van der Waals surface area contributed by atoms with E-state index in [9.17, 15) is 0 Å². The molecule has 0 bridgehead atoms. The van der Waals surface area contributed by atoms with Gasteiger partial charge < -0.3 is 24.8 Å². The molecule has 1 heterocycles. The summed E-state index contributed by atoms with van der Waals surface area (Å²) in [4.78, 5) is 4.37. The molecule has 1 unspecified atom stereocenters. The maximum absolute atomic E-state index is 6.10. The molecular formula is C22H36IN3O3. The molecule has 1 aromatic carbocycles. The lowest BCUT2D eigenvalue weighted by molar-refractivity contribution is 0.0676. The van der Waals surface area contributed by atoms with Gasteiger partial charge in [0.2, 0.25) is 0 Å². The highest BCUT2D eigenvalue weighted by atomic mass is 127. The number of aryl methyl sites for hydroxylation is 1. The topological polar surface area (TPSA) is 64.1 Å². The van der Waals surface area contributed by atoms with Gasteiger partial charge in [0.15, 0.2) is 5.96 Å². The Morgan fingerprint density at radius 1 is 1.31 bits per heavy atom. The zero-order chi connectivity index (χ0) is 19.8. The van der Waals surface area contributed by atoms with E-state index in [4.69, 9.17) is 14.2 Å². The summed E-state index contributed by atoms with van der Waals surface area (Å²) in [6.07, 6.45) is 6.06. The average Bonchev–Trinajstić information content (AvgIpc) is 3.28. The Bertz CT molecular complexity index is 659. The summed E-state index contributed by atoms with van der Waals surface area (Å²) in [7, 11) is 3.58. The van der Waals surface area contributed by atoms with Gasteiger partial charge in [0, 0.05) is 46.0 Å². The number of hydrogen-bond acceptors (Lipinski definition) is 4. The zero-order valence-electron chi connectivity index (χ0n) is 18.0. The van der Waals surface area contributed by atoms with E-state index in [1.807, 2.05) is 7.05 Å². The first-order valence-electron chi connectivity index (χ1n) is 10.4. The molecule has 0 spiro atoms. The Balaban J connectivity index is 0.00000300. The summed E-state index contributed by atoms with van der Waals surface area (Å²) in [5.74, 6) is 1.76. The van der Waals surface area contributed by atoms with Crippen molar-refractivity contribution in [1.82, 2.24) is 10.6 Å². The molecule has 1 aliphatic heterocycles. The van der Waals surface area contributed by atoms with E-state index < -0.39 is 0 Å². The molecule has 1 aliphatic carbocycles. The van der Waals surface area contributed by atoms with Crippen LogP contribution in [-0.4, -0.2) is 52.6 Å². The fourth-order valence-electron chi connectivity index (χ4n) is 3.58. The Hall–Kier alpha value is -1.06. The molecule has 1 aromatic rings. The molecule has 2 fully saturated rings. The van der Waals surface area contributed by atoms with E-state index in [-0.39, 0.29) is 30.1 Å². The van der Waals surface area contributed by atoms with Crippen molar-refractivity contribution in [3.8, 4) is 5.75 Å².